The Kier molecular flexibility index (Phi) is 5.93. The third kappa shape index (κ3) is 3.39. The lowest BCUT2D eigenvalue weighted by Gasteiger charge is -2.29. The molecular weight excluding hydrogens is 267 g/mol. The van der Waals surface area contributed by atoms with Gasteiger partial charge in [0.05, 0.1) is 0 Å². The predicted octanol–water partition coefficient (Wildman–Crippen LogP) is 2.86. The fraction of sp³-hybridized carbons (Fsp3) is 0.571. The Morgan fingerprint density at radius 2 is 1.83 bits per heavy atom. The summed E-state index contributed by atoms with van der Waals surface area (Å²) in [6, 6.07) is 10.9. The molecule has 2 aliphatic rings. The summed E-state index contributed by atoms with van der Waals surface area (Å²) in [6.07, 6.45) is 4.05. The zero-order valence-electron chi connectivity index (χ0n) is 10.6. The predicted molar refractivity (Wildman–Crippen MR) is 80.8 cm³/mol. The number of nitrogens with zero attached hydrogens (tertiary/aromatic N) is 1. The first-order valence-corrected chi connectivity index (χ1v) is 6.39. The summed E-state index contributed by atoms with van der Waals surface area (Å²) in [4.78, 5) is 2.70. The third-order valence-corrected chi connectivity index (χ3v) is 3.95. The SMILES string of the molecule is Cl.Cl.c1ccc(CN2CCCNCC23CC3)cc1. The van der Waals surface area contributed by atoms with Crippen LogP contribution >= 0.6 is 24.8 Å². The van der Waals surface area contributed by atoms with Crippen LogP contribution in [-0.4, -0.2) is 30.1 Å². The van der Waals surface area contributed by atoms with Crippen LogP contribution in [0.25, 0.3) is 0 Å². The van der Waals surface area contributed by atoms with Crippen molar-refractivity contribution in [2.45, 2.75) is 31.3 Å². The first-order chi connectivity index (χ1) is 7.89. The maximum atomic E-state index is 3.57. The zero-order chi connectivity index (χ0) is 10.8. The van der Waals surface area contributed by atoms with Crippen molar-refractivity contribution in [2.75, 3.05) is 19.6 Å². The molecule has 1 spiro atoms. The number of benzene rings is 1. The Balaban J connectivity index is 0.000000810. The highest BCUT2D eigenvalue weighted by molar-refractivity contribution is 5.85. The van der Waals surface area contributed by atoms with Crippen molar-refractivity contribution >= 4 is 24.8 Å². The van der Waals surface area contributed by atoms with Gasteiger partial charge in [0.2, 0.25) is 0 Å². The van der Waals surface area contributed by atoms with Crippen LogP contribution < -0.4 is 5.32 Å². The highest BCUT2D eigenvalue weighted by atomic mass is 35.5. The quantitative estimate of drug-likeness (QED) is 0.900. The van der Waals surface area contributed by atoms with Crippen molar-refractivity contribution < 1.29 is 0 Å². The van der Waals surface area contributed by atoms with E-state index in [1.54, 1.807) is 0 Å². The summed E-state index contributed by atoms with van der Waals surface area (Å²) in [7, 11) is 0. The second-order valence-corrected chi connectivity index (χ2v) is 5.16. The summed E-state index contributed by atoms with van der Waals surface area (Å²) in [6.45, 7) is 4.76. The van der Waals surface area contributed by atoms with E-state index >= 15 is 0 Å². The average molecular weight is 289 g/mol. The normalized spacial score (nSPS) is 21.6. The third-order valence-electron chi connectivity index (χ3n) is 3.95. The van der Waals surface area contributed by atoms with Crippen LogP contribution in [0.5, 0.6) is 0 Å². The number of nitrogens with one attached hydrogen (secondary N) is 1. The maximum Gasteiger partial charge on any atom is 0.0338 e. The van der Waals surface area contributed by atoms with Crippen LogP contribution in [0, 0.1) is 0 Å². The molecule has 102 valence electrons. The lowest BCUT2D eigenvalue weighted by Crippen LogP contribution is -2.41. The molecule has 1 saturated carbocycles. The molecule has 1 saturated heterocycles. The number of hydrogen-bond acceptors (Lipinski definition) is 2. The highest BCUT2D eigenvalue weighted by Gasteiger charge is 2.47. The second-order valence-electron chi connectivity index (χ2n) is 5.16. The molecular formula is C14H22Cl2N2. The highest BCUT2D eigenvalue weighted by Crippen LogP contribution is 2.42. The van der Waals surface area contributed by atoms with Gasteiger partial charge >= 0.3 is 0 Å². The van der Waals surface area contributed by atoms with Gasteiger partial charge in [-0.1, -0.05) is 30.3 Å². The molecule has 0 atom stereocenters. The standard InChI is InChI=1S/C14H20N2.2ClH/c1-2-5-13(6-3-1)11-16-10-4-9-15-12-14(16)7-8-14;;/h1-3,5-6,15H,4,7-12H2;2*1H. The number of rotatable bonds is 2. The molecule has 0 aromatic heterocycles. The van der Waals surface area contributed by atoms with Crippen LogP contribution in [0.15, 0.2) is 30.3 Å². The van der Waals surface area contributed by atoms with Gasteiger partial charge in [0.1, 0.15) is 0 Å². The minimum atomic E-state index is 0. The van der Waals surface area contributed by atoms with E-state index in [0.717, 1.165) is 6.54 Å². The van der Waals surface area contributed by atoms with Gasteiger partial charge in [0.25, 0.3) is 0 Å². The summed E-state index contributed by atoms with van der Waals surface area (Å²) >= 11 is 0. The van der Waals surface area contributed by atoms with E-state index in [9.17, 15) is 0 Å². The minimum Gasteiger partial charge on any atom is -0.315 e. The van der Waals surface area contributed by atoms with Gasteiger partial charge in [-0.3, -0.25) is 4.90 Å². The average Bonchev–Trinajstić information content (AvgIpc) is 3.12. The molecule has 18 heavy (non-hydrogen) atoms. The van der Waals surface area contributed by atoms with E-state index in [0.29, 0.717) is 5.54 Å². The fourth-order valence-electron chi connectivity index (χ4n) is 2.75. The van der Waals surface area contributed by atoms with Gasteiger partial charge < -0.3 is 5.32 Å². The first kappa shape index (κ1) is 15.8. The van der Waals surface area contributed by atoms with Gasteiger partial charge in [-0.05, 0) is 31.4 Å². The molecule has 1 aromatic carbocycles. The molecule has 3 rings (SSSR count). The summed E-state index contributed by atoms with van der Waals surface area (Å²) in [5, 5.41) is 3.57. The van der Waals surface area contributed by atoms with Crippen LogP contribution in [0.4, 0.5) is 0 Å². The van der Waals surface area contributed by atoms with Gasteiger partial charge in [-0.2, -0.15) is 0 Å². The molecule has 2 nitrogen and oxygen atoms in total. The molecule has 1 N–H and O–H groups in total. The molecule has 0 bridgehead atoms. The van der Waals surface area contributed by atoms with E-state index in [2.05, 4.69) is 40.5 Å². The Labute approximate surface area is 122 Å². The summed E-state index contributed by atoms with van der Waals surface area (Å²) in [5.74, 6) is 0. The zero-order valence-corrected chi connectivity index (χ0v) is 12.2. The van der Waals surface area contributed by atoms with Gasteiger partial charge in [0, 0.05) is 25.2 Å². The molecule has 2 fully saturated rings. The van der Waals surface area contributed by atoms with Crippen LogP contribution in [0.3, 0.4) is 0 Å². The summed E-state index contributed by atoms with van der Waals surface area (Å²) in [5.41, 5.74) is 1.96. The van der Waals surface area contributed by atoms with Gasteiger partial charge in [-0.15, -0.1) is 24.8 Å². The molecule has 0 amide bonds. The molecule has 1 aromatic rings. The lowest BCUT2D eigenvalue weighted by molar-refractivity contribution is 0.181. The van der Waals surface area contributed by atoms with Crippen molar-refractivity contribution in [2.24, 2.45) is 0 Å². The van der Waals surface area contributed by atoms with Crippen LogP contribution in [-0.2, 0) is 6.54 Å². The molecule has 0 unspecified atom stereocenters. The van der Waals surface area contributed by atoms with E-state index in [1.165, 1.54) is 44.5 Å². The van der Waals surface area contributed by atoms with Gasteiger partial charge in [-0.25, -0.2) is 0 Å². The molecule has 0 radical (unpaired) electrons. The van der Waals surface area contributed by atoms with Crippen LogP contribution in [0.1, 0.15) is 24.8 Å². The fourth-order valence-corrected chi connectivity index (χ4v) is 2.75. The van der Waals surface area contributed by atoms with Gasteiger partial charge in [0.15, 0.2) is 0 Å². The van der Waals surface area contributed by atoms with E-state index in [1.807, 2.05) is 0 Å². The Hall–Kier alpha value is -0.280. The van der Waals surface area contributed by atoms with E-state index < -0.39 is 0 Å². The van der Waals surface area contributed by atoms with Crippen molar-refractivity contribution in [1.82, 2.24) is 10.2 Å². The molecule has 4 heteroatoms. The Morgan fingerprint density at radius 3 is 2.50 bits per heavy atom. The summed E-state index contributed by atoms with van der Waals surface area (Å²) < 4.78 is 0. The maximum absolute atomic E-state index is 3.57. The van der Waals surface area contributed by atoms with Crippen molar-refractivity contribution in [3.8, 4) is 0 Å². The second kappa shape index (κ2) is 6.76. The van der Waals surface area contributed by atoms with Crippen molar-refractivity contribution in [3.05, 3.63) is 35.9 Å². The minimum absolute atomic E-state index is 0. The molecule has 1 aliphatic heterocycles. The Bertz CT molecular complexity index is 352. The van der Waals surface area contributed by atoms with E-state index in [-0.39, 0.29) is 24.8 Å². The lowest BCUT2D eigenvalue weighted by atomic mass is 10.1. The largest absolute Gasteiger partial charge is 0.315 e. The van der Waals surface area contributed by atoms with Crippen molar-refractivity contribution in [3.63, 3.8) is 0 Å². The monoisotopic (exact) mass is 288 g/mol. The Morgan fingerprint density at radius 1 is 1.11 bits per heavy atom. The molecule has 1 aliphatic carbocycles. The number of hydrogen-bond donors (Lipinski definition) is 1. The first-order valence-electron chi connectivity index (χ1n) is 6.39. The smallest absolute Gasteiger partial charge is 0.0338 e. The number of halogens is 2. The topological polar surface area (TPSA) is 15.3 Å². The van der Waals surface area contributed by atoms with Crippen molar-refractivity contribution in [1.29, 1.82) is 0 Å². The molecule has 1 heterocycles. The van der Waals surface area contributed by atoms with E-state index in [4.69, 9.17) is 0 Å². The van der Waals surface area contributed by atoms with Crippen LogP contribution in [0.2, 0.25) is 0 Å².